The van der Waals surface area contributed by atoms with E-state index in [-0.39, 0.29) is 18.5 Å². The van der Waals surface area contributed by atoms with E-state index >= 15 is 0 Å². The molecule has 0 fully saturated rings. The lowest BCUT2D eigenvalue weighted by molar-refractivity contribution is -0.143. The molecule has 3 N–H and O–H groups in total. The molecule has 59 heavy (non-hydrogen) atoms. The Hall–Kier alpha value is -2.18. The minimum absolute atomic E-state index is 0.0372. The third-order valence-corrected chi connectivity index (χ3v) is 11.4. The number of ether oxygens (including phenoxy) is 1. The summed E-state index contributed by atoms with van der Waals surface area (Å²) in [5, 5.41) is 23.2. The molecular weight excluding hydrogens is 731 g/mol. The third-order valence-electron chi connectivity index (χ3n) is 11.4. The first-order valence-electron chi connectivity index (χ1n) is 25.4. The molecule has 0 bridgehead atoms. The van der Waals surface area contributed by atoms with E-state index in [1.54, 1.807) is 0 Å². The van der Waals surface area contributed by atoms with Crippen LogP contribution in [-0.4, -0.2) is 47.4 Å². The van der Waals surface area contributed by atoms with E-state index in [0.29, 0.717) is 25.9 Å². The fraction of sp³-hybridized carbons (Fsp3) is 0.811. The first kappa shape index (κ1) is 56.8. The molecule has 6 nitrogen and oxygen atoms in total. The van der Waals surface area contributed by atoms with Crippen molar-refractivity contribution in [2.45, 2.75) is 264 Å². The van der Waals surface area contributed by atoms with E-state index in [9.17, 15) is 19.8 Å². The number of aliphatic hydroxyl groups excluding tert-OH is 2. The molecule has 0 aromatic heterocycles. The monoisotopic (exact) mass is 828 g/mol. The summed E-state index contributed by atoms with van der Waals surface area (Å²) in [6, 6.07) is -0.558. The molecule has 0 heterocycles. The quantitative estimate of drug-likeness (QED) is 0.0246. The number of rotatable bonds is 46. The lowest BCUT2D eigenvalue weighted by atomic mass is 10.0. The Kier molecular flexibility index (Phi) is 46.7. The number of hydrogen-bond acceptors (Lipinski definition) is 5. The summed E-state index contributed by atoms with van der Waals surface area (Å²) in [5.74, 6) is -0.0969. The highest BCUT2D eigenvalue weighted by atomic mass is 16.5. The van der Waals surface area contributed by atoms with Crippen LogP contribution in [0.2, 0.25) is 0 Å². The van der Waals surface area contributed by atoms with E-state index in [1.807, 2.05) is 0 Å². The zero-order valence-corrected chi connectivity index (χ0v) is 39.0. The van der Waals surface area contributed by atoms with Crippen molar-refractivity contribution in [2.24, 2.45) is 0 Å². The van der Waals surface area contributed by atoms with Crippen molar-refractivity contribution in [2.75, 3.05) is 13.2 Å². The number of allylic oxidation sites excluding steroid dienone is 8. The number of amides is 1. The molecule has 0 rings (SSSR count). The van der Waals surface area contributed by atoms with Crippen molar-refractivity contribution in [3.8, 4) is 0 Å². The highest BCUT2D eigenvalue weighted by molar-refractivity contribution is 5.76. The standard InChI is InChI=1S/C53H97NO5/c1-3-5-7-9-11-13-15-17-23-27-31-35-39-43-47-53(58)59-48-44-40-36-32-28-24-20-18-19-22-26-30-34-38-42-46-52(57)54-50(49-55)51(56)45-41-37-33-29-25-21-16-14-12-10-8-6-4-2/h9,11,15,17-18,20,24,28,50-51,55-56H,3-8,10,12-14,16,19,21-23,25-27,29-49H2,1-2H3,(H,54,57)/b11-9-,17-15-,20-18-,28-24-. The van der Waals surface area contributed by atoms with E-state index in [2.05, 4.69) is 67.8 Å². The lowest BCUT2D eigenvalue weighted by Crippen LogP contribution is -2.45. The van der Waals surface area contributed by atoms with Gasteiger partial charge >= 0.3 is 5.97 Å². The Morgan fingerprint density at radius 1 is 0.492 bits per heavy atom. The van der Waals surface area contributed by atoms with Crippen LogP contribution in [-0.2, 0) is 14.3 Å². The first-order valence-corrected chi connectivity index (χ1v) is 25.4. The van der Waals surface area contributed by atoms with Gasteiger partial charge in [-0.05, 0) is 83.5 Å². The van der Waals surface area contributed by atoms with Gasteiger partial charge in [-0.25, -0.2) is 0 Å². The van der Waals surface area contributed by atoms with Gasteiger partial charge in [0.05, 0.1) is 25.4 Å². The summed E-state index contributed by atoms with van der Waals surface area (Å²) >= 11 is 0. The minimum Gasteiger partial charge on any atom is -0.466 e. The summed E-state index contributed by atoms with van der Waals surface area (Å²) in [6.45, 7) is 4.83. The van der Waals surface area contributed by atoms with E-state index < -0.39 is 12.1 Å². The Morgan fingerprint density at radius 2 is 0.915 bits per heavy atom. The van der Waals surface area contributed by atoms with Crippen molar-refractivity contribution in [1.82, 2.24) is 5.32 Å². The average molecular weight is 828 g/mol. The first-order chi connectivity index (χ1) is 29.0. The van der Waals surface area contributed by atoms with Crippen molar-refractivity contribution in [3.05, 3.63) is 48.6 Å². The van der Waals surface area contributed by atoms with Gasteiger partial charge in [-0.2, -0.15) is 0 Å². The van der Waals surface area contributed by atoms with Crippen molar-refractivity contribution in [1.29, 1.82) is 0 Å². The van der Waals surface area contributed by atoms with Crippen LogP contribution in [0.25, 0.3) is 0 Å². The molecule has 0 spiro atoms. The van der Waals surface area contributed by atoms with Crippen LogP contribution in [0, 0.1) is 0 Å². The topological polar surface area (TPSA) is 95.9 Å². The normalized spacial score (nSPS) is 13.1. The molecule has 0 aromatic carbocycles. The maximum atomic E-state index is 12.4. The number of carbonyl (C=O) groups is 2. The number of hydrogen-bond donors (Lipinski definition) is 3. The molecule has 6 heteroatoms. The van der Waals surface area contributed by atoms with Crippen LogP contribution in [0.3, 0.4) is 0 Å². The summed E-state index contributed by atoms with van der Waals surface area (Å²) in [5.41, 5.74) is 0. The van der Waals surface area contributed by atoms with Gasteiger partial charge in [-0.15, -0.1) is 0 Å². The zero-order valence-electron chi connectivity index (χ0n) is 39.0. The molecule has 2 unspecified atom stereocenters. The van der Waals surface area contributed by atoms with E-state index in [1.165, 1.54) is 128 Å². The molecule has 0 saturated heterocycles. The van der Waals surface area contributed by atoms with Crippen LogP contribution < -0.4 is 5.32 Å². The van der Waals surface area contributed by atoms with E-state index in [0.717, 1.165) is 89.9 Å². The number of aliphatic hydroxyl groups is 2. The third kappa shape index (κ3) is 45.2. The summed E-state index contributed by atoms with van der Waals surface area (Å²) in [7, 11) is 0. The maximum Gasteiger partial charge on any atom is 0.305 e. The second kappa shape index (κ2) is 48.5. The summed E-state index contributed by atoms with van der Waals surface area (Å²) < 4.78 is 5.43. The molecular formula is C53H97NO5. The van der Waals surface area contributed by atoms with E-state index in [4.69, 9.17) is 4.74 Å². The molecule has 344 valence electrons. The van der Waals surface area contributed by atoms with Gasteiger partial charge in [0.2, 0.25) is 5.91 Å². The van der Waals surface area contributed by atoms with Crippen molar-refractivity contribution < 1.29 is 24.5 Å². The highest BCUT2D eigenvalue weighted by Gasteiger charge is 2.20. The van der Waals surface area contributed by atoms with Crippen molar-refractivity contribution >= 4 is 11.9 Å². The van der Waals surface area contributed by atoms with Gasteiger partial charge in [0.25, 0.3) is 0 Å². The predicted molar refractivity (Wildman–Crippen MR) is 255 cm³/mol. The molecule has 0 aliphatic heterocycles. The second-order valence-electron chi connectivity index (χ2n) is 17.2. The van der Waals surface area contributed by atoms with Crippen LogP contribution in [0.1, 0.15) is 251 Å². The number of nitrogens with one attached hydrogen (secondary N) is 1. The largest absolute Gasteiger partial charge is 0.466 e. The molecule has 2 atom stereocenters. The van der Waals surface area contributed by atoms with Crippen LogP contribution in [0.4, 0.5) is 0 Å². The Balaban J connectivity index is 3.55. The lowest BCUT2D eigenvalue weighted by Gasteiger charge is -2.22. The Bertz CT molecular complexity index is 1000. The van der Waals surface area contributed by atoms with Gasteiger partial charge in [-0.3, -0.25) is 9.59 Å². The minimum atomic E-state index is -0.679. The van der Waals surface area contributed by atoms with Crippen LogP contribution in [0.15, 0.2) is 48.6 Å². The SMILES string of the molecule is CCCC/C=C\C/C=C\CCCCCCCC(=O)OCCCCC/C=C\C=C/CCCCCCCCC(=O)NC(CO)C(O)CCCCCCCCCCCCCCC. The summed E-state index contributed by atoms with van der Waals surface area (Å²) in [4.78, 5) is 24.4. The molecule has 0 aliphatic rings. The average Bonchev–Trinajstić information content (AvgIpc) is 3.24. The smallest absolute Gasteiger partial charge is 0.305 e. The summed E-state index contributed by atoms with van der Waals surface area (Å²) in [6.07, 6.45) is 59.3. The van der Waals surface area contributed by atoms with Gasteiger partial charge < -0.3 is 20.3 Å². The molecule has 0 aromatic rings. The van der Waals surface area contributed by atoms with Crippen molar-refractivity contribution in [3.63, 3.8) is 0 Å². The number of esters is 1. The van der Waals surface area contributed by atoms with Crippen LogP contribution >= 0.6 is 0 Å². The fourth-order valence-electron chi connectivity index (χ4n) is 7.41. The van der Waals surface area contributed by atoms with Gasteiger partial charge in [0.15, 0.2) is 0 Å². The Labute approximate surface area is 366 Å². The predicted octanol–water partition coefficient (Wildman–Crippen LogP) is 15.1. The molecule has 0 radical (unpaired) electrons. The molecule has 0 aliphatic carbocycles. The maximum absolute atomic E-state index is 12.4. The number of unbranched alkanes of at least 4 members (excludes halogenated alkanes) is 28. The molecule has 1 amide bonds. The Morgan fingerprint density at radius 3 is 1.44 bits per heavy atom. The van der Waals surface area contributed by atoms with Gasteiger partial charge in [0, 0.05) is 12.8 Å². The highest BCUT2D eigenvalue weighted by Crippen LogP contribution is 2.15. The number of carbonyl (C=O) groups excluding carboxylic acids is 2. The molecule has 0 saturated carbocycles. The second-order valence-corrected chi connectivity index (χ2v) is 17.2. The zero-order chi connectivity index (χ0) is 43.0. The van der Waals surface area contributed by atoms with Crippen LogP contribution in [0.5, 0.6) is 0 Å². The van der Waals surface area contributed by atoms with Gasteiger partial charge in [0.1, 0.15) is 0 Å². The fourth-order valence-corrected chi connectivity index (χ4v) is 7.41. The van der Waals surface area contributed by atoms with Gasteiger partial charge in [-0.1, -0.05) is 204 Å².